The van der Waals surface area contributed by atoms with Crippen molar-refractivity contribution in [1.82, 2.24) is 15.5 Å². The normalized spacial score (nSPS) is 23.5. The predicted molar refractivity (Wildman–Crippen MR) is 79.5 cm³/mol. The molecule has 1 saturated heterocycles. The molecule has 1 fully saturated rings. The van der Waals surface area contributed by atoms with Crippen LogP contribution in [-0.2, 0) is 19.4 Å². The van der Waals surface area contributed by atoms with Gasteiger partial charge in [0.2, 0.25) is 0 Å². The van der Waals surface area contributed by atoms with Gasteiger partial charge >= 0.3 is 0 Å². The molecule has 0 bridgehead atoms. The lowest BCUT2D eigenvalue weighted by molar-refractivity contribution is 0.195. The van der Waals surface area contributed by atoms with Gasteiger partial charge in [-0.2, -0.15) is 0 Å². The van der Waals surface area contributed by atoms with Crippen molar-refractivity contribution < 1.29 is 0 Å². The van der Waals surface area contributed by atoms with Gasteiger partial charge in [0.1, 0.15) is 0 Å². The molecule has 1 aromatic rings. The topological polar surface area (TPSA) is 27.3 Å². The van der Waals surface area contributed by atoms with Gasteiger partial charge in [0.25, 0.3) is 0 Å². The Hall–Kier alpha value is -0.900. The van der Waals surface area contributed by atoms with Crippen molar-refractivity contribution in [3.63, 3.8) is 0 Å². The van der Waals surface area contributed by atoms with Crippen molar-refractivity contribution in [3.05, 3.63) is 34.9 Å². The molecule has 0 saturated carbocycles. The van der Waals surface area contributed by atoms with Crippen LogP contribution in [0, 0.1) is 0 Å². The van der Waals surface area contributed by atoms with Gasteiger partial charge in [-0.25, -0.2) is 0 Å². The van der Waals surface area contributed by atoms with E-state index in [2.05, 4.69) is 40.8 Å². The van der Waals surface area contributed by atoms with E-state index in [0.717, 1.165) is 32.7 Å². The molecule has 0 spiro atoms. The Bertz CT molecular complexity index is 430. The first kappa shape index (κ1) is 13.1. The standard InChI is InChI=1S/C16H25N3/c1-19-8-7-17-11-16(19)12-18-10-13-5-6-14-3-2-4-15(14)9-13/h5-6,9,16-18H,2-4,7-8,10-12H2,1H3. The zero-order valence-corrected chi connectivity index (χ0v) is 11.9. The highest BCUT2D eigenvalue weighted by molar-refractivity contribution is 5.35. The van der Waals surface area contributed by atoms with E-state index in [9.17, 15) is 0 Å². The molecule has 3 nitrogen and oxygen atoms in total. The van der Waals surface area contributed by atoms with Gasteiger partial charge in [0.05, 0.1) is 0 Å². The van der Waals surface area contributed by atoms with Gasteiger partial charge in [-0.05, 0) is 43.0 Å². The first-order valence-corrected chi connectivity index (χ1v) is 7.55. The summed E-state index contributed by atoms with van der Waals surface area (Å²) in [5.74, 6) is 0. The minimum absolute atomic E-state index is 0.628. The molecule has 19 heavy (non-hydrogen) atoms. The highest BCUT2D eigenvalue weighted by atomic mass is 15.2. The minimum Gasteiger partial charge on any atom is -0.314 e. The molecular weight excluding hydrogens is 234 g/mol. The fraction of sp³-hybridized carbons (Fsp3) is 0.625. The van der Waals surface area contributed by atoms with E-state index in [1.807, 2.05) is 0 Å². The molecule has 1 aliphatic carbocycles. The molecule has 3 rings (SSSR count). The van der Waals surface area contributed by atoms with Gasteiger partial charge in [0, 0.05) is 38.8 Å². The van der Waals surface area contributed by atoms with Crippen LogP contribution in [0.15, 0.2) is 18.2 Å². The number of rotatable bonds is 4. The Balaban J connectivity index is 1.49. The molecule has 1 unspecified atom stereocenters. The van der Waals surface area contributed by atoms with Gasteiger partial charge < -0.3 is 10.6 Å². The molecule has 2 aliphatic rings. The first-order chi connectivity index (χ1) is 9.33. The smallest absolute Gasteiger partial charge is 0.0342 e. The van der Waals surface area contributed by atoms with Crippen molar-refractivity contribution in [1.29, 1.82) is 0 Å². The maximum Gasteiger partial charge on any atom is 0.0342 e. The van der Waals surface area contributed by atoms with E-state index in [1.165, 1.54) is 24.8 Å². The average molecular weight is 259 g/mol. The third-order valence-electron chi connectivity index (χ3n) is 4.52. The van der Waals surface area contributed by atoms with Crippen molar-refractivity contribution in [2.75, 3.05) is 33.2 Å². The largest absolute Gasteiger partial charge is 0.314 e. The van der Waals surface area contributed by atoms with Crippen LogP contribution in [0.5, 0.6) is 0 Å². The van der Waals surface area contributed by atoms with Gasteiger partial charge in [-0.15, -0.1) is 0 Å². The minimum atomic E-state index is 0.628. The number of benzene rings is 1. The van der Waals surface area contributed by atoms with Crippen molar-refractivity contribution in [2.24, 2.45) is 0 Å². The van der Waals surface area contributed by atoms with Crippen LogP contribution in [0.4, 0.5) is 0 Å². The van der Waals surface area contributed by atoms with Crippen LogP contribution >= 0.6 is 0 Å². The number of hydrogen-bond donors (Lipinski definition) is 2. The SMILES string of the molecule is CN1CCNCC1CNCc1ccc2c(c1)CCC2. The summed E-state index contributed by atoms with van der Waals surface area (Å²) in [7, 11) is 2.22. The molecule has 0 radical (unpaired) electrons. The number of likely N-dealkylation sites (N-methyl/N-ethyl adjacent to an activating group) is 1. The molecule has 1 aliphatic heterocycles. The van der Waals surface area contributed by atoms with Crippen LogP contribution in [0.1, 0.15) is 23.1 Å². The van der Waals surface area contributed by atoms with Crippen LogP contribution < -0.4 is 10.6 Å². The molecule has 1 atom stereocenters. The summed E-state index contributed by atoms with van der Waals surface area (Å²) in [6, 6.07) is 7.65. The van der Waals surface area contributed by atoms with Crippen LogP contribution in [-0.4, -0.2) is 44.2 Å². The van der Waals surface area contributed by atoms with Crippen molar-refractivity contribution in [3.8, 4) is 0 Å². The quantitative estimate of drug-likeness (QED) is 0.850. The first-order valence-electron chi connectivity index (χ1n) is 7.55. The summed E-state index contributed by atoms with van der Waals surface area (Å²) in [6.45, 7) is 5.45. The Morgan fingerprint density at radius 3 is 3.11 bits per heavy atom. The predicted octanol–water partition coefficient (Wildman–Crippen LogP) is 1.17. The van der Waals surface area contributed by atoms with Crippen LogP contribution in [0.3, 0.4) is 0 Å². The lowest BCUT2D eigenvalue weighted by Crippen LogP contribution is -2.53. The fourth-order valence-electron chi connectivity index (χ4n) is 3.21. The van der Waals surface area contributed by atoms with Crippen molar-refractivity contribution >= 4 is 0 Å². The monoisotopic (exact) mass is 259 g/mol. The maximum atomic E-state index is 3.61. The molecule has 1 heterocycles. The summed E-state index contributed by atoms with van der Waals surface area (Å²) in [4.78, 5) is 2.45. The number of aryl methyl sites for hydroxylation is 2. The summed E-state index contributed by atoms with van der Waals surface area (Å²) in [6.07, 6.45) is 3.89. The molecule has 0 aromatic heterocycles. The van der Waals surface area contributed by atoms with Crippen molar-refractivity contribution in [2.45, 2.75) is 31.8 Å². The Kier molecular flexibility index (Phi) is 4.16. The second-order valence-corrected chi connectivity index (χ2v) is 5.93. The van der Waals surface area contributed by atoms with E-state index in [-0.39, 0.29) is 0 Å². The Labute approximate surface area is 116 Å². The Morgan fingerprint density at radius 2 is 2.21 bits per heavy atom. The number of fused-ring (bicyclic) bond motifs is 1. The van der Waals surface area contributed by atoms with E-state index < -0.39 is 0 Å². The van der Waals surface area contributed by atoms with Crippen LogP contribution in [0.2, 0.25) is 0 Å². The zero-order valence-electron chi connectivity index (χ0n) is 11.9. The molecular formula is C16H25N3. The second-order valence-electron chi connectivity index (χ2n) is 5.93. The number of nitrogens with zero attached hydrogens (tertiary/aromatic N) is 1. The van der Waals surface area contributed by atoms with E-state index in [4.69, 9.17) is 0 Å². The third kappa shape index (κ3) is 3.16. The molecule has 0 amide bonds. The third-order valence-corrected chi connectivity index (χ3v) is 4.52. The molecule has 3 heteroatoms. The Morgan fingerprint density at radius 1 is 1.32 bits per heavy atom. The molecule has 104 valence electrons. The number of piperazine rings is 1. The van der Waals surface area contributed by atoms with Gasteiger partial charge in [0.15, 0.2) is 0 Å². The zero-order chi connectivity index (χ0) is 13.1. The van der Waals surface area contributed by atoms with E-state index in [1.54, 1.807) is 11.1 Å². The van der Waals surface area contributed by atoms with E-state index >= 15 is 0 Å². The highest BCUT2D eigenvalue weighted by Gasteiger charge is 2.17. The fourth-order valence-corrected chi connectivity index (χ4v) is 3.21. The van der Waals surface area contributed by atoms with Gasteiger partial charge in [-0.1, -0.05) is 18.2 Å². The van der Waals surface area contributed by atoms with Gasteiger partial charge in [-0.3, -0.25) is 4.90 Å². The number of nitrogens with one attached hydrogen (secondary N) is 2. The summed E-state index contributed by atoms with van der Waals surface area (Å²) >= 11 is 0. The summed E-state index contributed by atoms with van der Waals surface area (Å²) in [5.41, 5.74) is 4.59. The molecule has 1 aromatic carbocycles. The summed E-state index contributed by atoms with van der Waals surface area (Å²) < 4.78 is 0. The lowest BCUT2D eigenvalue weighted by atomic mass is 10.1. The average Bonchev–Trinajstić information content (AvgIpc) is 2.88. The lowest BCUT2D eigenvalue weighted by Gasteiger charge is -2.33. The maximum absolute atomic E-state index is 3.61. The summed E-state index contributed by atoms with van der Waals surface area (Å²) in [5, 5.41) is 7.08. The second kappa shape index (κ2) is 6.04. The number of hydrogen-bond acceptors (Lipinski definition) is 3. The molecule has 2 N–H and O–H groups in total. The van der Waals surface area contributed by atoms with Crippen LogP contribution in [0.25, 0.3) is 0 Å². The highest BCUT2D eigenvalue weighted by Crippen LogP contribution is 2.22. The van der Waals surface area contributed by atoms with E-state index in [0.29, 0.717) is 6.04 Å².